The molecule has 4 atom stereocenters. The van der Waals surface area contributed by atoms with E-state index in [4.69, 9.17) is 4.74 Å². The van der Waals surface area contributed by atoms with E-state index in [1.54, 1.807) is 0 Å². The lowest BCUT2D eigenvalue weighted by molar-refractivity contribution is -0.169. The molecule has 2 aliphatic heterocycles. The highest BCUT2D eigenvalue weighted by molar-refractivity contribution is 5.75. The van der Waals surface area contributed by atoms with Crippen LogP contribution in [-0.2, 0) is 4.74 Å². The molecule has 2 bridgehead atoms. The predicted octanol–water partition coefficient (Wildman–Crippen LogP) is 2.65. The molecule has 4 aliphatic rings. The number of piperidine rings is 2. The molecule has 4 rings (SSSR count). The molecule has 4 fully saturated rings. The Hall–Kier alpha value is -0.810. The Kier molecular flexibility index (Phi) is 4.50. The molecule has 2 aliphatic carbocycles. The van der Waals surface area contributed by atoms with Crippen LogP contribution in [0.5, 0.6) is 0 Å². The zero-order chi connectivity index (χ0) is 16.7. The number of nitrogens with one attached hydrogen (secondary N) is 2. The molecule has 2 N–H and O–H groups in total. The van der Waals surface area contributed by atoms with E-state index in [1.165, 1.54) is 38.5 Å². The summed E-state index contributed by atoms with van der Waals surface area (Å²) in [4.78, 5) is 15.1. The highest BCUT2D eigenvalue weighted by Gasteiger charge is 2.59. The molecule has 0 aromatic carbocycles. The minimum absolute atomic E-state index is 0.0499. The fourth-order valence-corrected chi connectivity index (χ4v) is 5.76. The number of hydrogen-bond donors (Lipinski definition) is 2. The van der Waals surface area contributed by atoms with Gasteiger partial charge in [0, 0.05) is 36.2 Å². The van der Waals surface area contributed by atoms with Crippen molar-refractivity contribution in [2.45, 2.75) is 95.0 Å². The lowest BCUT2D eigenvalue weighted by Crippen LogP contribution is -2.69. The van der Waals surface area contributed by atoms with Gasteiger partial charge in [-0.1, -0.05) is 12.8 Å². The molecule has 5 heteroatoms. The third kappa shape index (κ3) is 2.74. The van der Waals surface area contributed by atoms with Crippen LogP contribution in [0.15, 0.2) is 0 Å². The molecule has 24 heavy (non-hydrogen) atoms. The third-order valence-corrected chi connectivity index (χ3v) is 7.42. The number of ether oxygens (including phenoxy) is 1. The van der Waals surface area contributed by atoms with Crippen molar-refractivity contribution in [1.82, 2.24) is 15.5 Å². The van der Waals surface area contributed by atoms with Gasteiger partial charge in [0.2, 0.25) is 0 Å². The fraction of sp³-hybridized carbons (Fsp3) is 0.947. The number of carbonyl (C=O) groups is 1. The van der Waals surface area contributed by atoms with E-state index in [0.29, 0.717) is 30.3 Å². The van der Waals surface area contributed by atoms with Crippen molar-refractivity contribution in [3.05, 3.63) is 0 Å². The van der Waals surface area contributed by atoms with Crippen LogP contribution in [0, 0.1) is 5.41 Å². The maximum Gasteiger partial charge on any atom is 0.315 e. The van der Waals surface area contributed by atoms with E-state index in [0.717, 1.165) is 25.9 Å². The van der Waals surface area contributed by atoms with Crippen molar-refractivity contribution >= 4 is 6.03 Å². The van der Waals surface area contributed by atoms with E-state index in [9.17, 15) is 4.79 Å². The van der Waals surface area contributed by atoms with E-state index >= 15 is 0 Å². The number of carbonyl (C=O) groups excluding carboxylic acids is 1. The van der Waals surface area contributed by atoms with E-state index in [1.807, 2.05) is 0 Å². The summed E-state index contributed by atoms with van der Waals surface area (Å²) in [5.41, 5.74) is 0.247. The van der Waals surface area contributed by atoms with Gasteiger partial charge in [0.15, 0.2) is 0 Å². The van der Waals surface area contributed by atoms with Crippen molar-refractivity contribution in [3.63, 3.8) is 0 Å². The lowest BCUT2D eigenvalue weighted by Gasteiger charge is -2.61. The Morgan fingerprint density at radius 2 is 1.83 bits per heavy atom. The van der Waals surface area contributed by atoms with Crippen molar-refractivity contribution in [2.24, 2.45) is 5.41 Å². The minimum atomic E-state index is 0.0499. The number of fused-ring (bicyclic) bond motifs is 2. The topological polar surface area (TPSA) is 53.6 Å². The monoisotopic (exact) mass is 335 g/mol. The molecule has 2 saturated heterocycles. The van der Waals surface area contributed by atoms with Gasteiger partial charge >= 0.3 is 6.03 Å². The highest BCUT2D eigenvalue weighted by Crippen LogP contribution is 2.57. The van der Waals surface area contributed by atoms with Crippen LogP contribution in [-0.4, -0.2) is 54.9 Å². The second-order valence-corrected chi connectivity index (χ2v) is 8.51. The van der Waals surface area contributed by atoms with Crippen molar-refractivity contribution in [2.75, 3.05) is 13.7 Å². The SMILES string of the molecule is CCOC1CC(NC(=O)NC2CC3CCCC(C2)N3C)C12CCC2. The van der Waals surface area contributed by atoms with Crippen molar-refractivity contribution in [1.29, 1.82) is 0 Å². The Morgan fingerprint density at radius 3 is 2.42 bits per heavy atom. The number of rotatable bonds is 4. The van der Waals surface area contributed by atoms with Crippen LogP contribution in [0.2, 0.25) is 0 Å². The predicted molar refractivity (Wildman–Crippen MR) is 94.0 cm³/mol. The summed E-state index contributed by atoms with van der Waals surface area (Å²) in [5, 5.41) is 6.56. The number of amides is 2. The first-order valence-corrected chi connectivity index (χ1v) is 10.0. The van der Waals surface area contributed by atoms with Crippen molar-refractivity contribution < 1.29 is 9.53 Å². The third-order valence-electron chi connectivity index (χ3n) is 7.42. The van der Waals surface area contributed by atoms with Crippen molar-refractivity contribution in [3.8, 4) is 0 Å². The molecule has 1 spiro atoms. The van der Waals surface area contributed by atoms with Crippen LogP contribution in [0.4, 0.5) is 4.79 Å². The molecular formula is C19H33N3O2. The molecule has 2 heterocycles. The Balaban J connectivity index is 1.28. The summed E-state index contributed by atoms with van der Waals surface area (Å²) < 4.78 is 5.88. The number of nitrogens with zero attached hydrogens (tertiary/aromatic N) is 1. The van der Waals surface area contributed by atoms with Crippen LogP contribution in [0.3, 0.4) is 0 Å². The quantitative estimate of drug-likeness (QED) is 0.830. The van der Waals surface area contributed by atoms with Crippen LogP contribution in [0.1, 0.15) is 64.7 Å². The first-order chi connectivity index (χ1) is 11.6. The van der Waals surface area contributed by atoms with Gasteiger partial charge in [0.1, 0.15) is 0 Å². The van der Waals surface area contributed by atoms with Gasteiger partial charge in [-0.05, 0) is 58.9 Å². The van der Waals surface area contributed by atoms with Gasteiger partial charge in [-0.25, -0.2) is 4.79 Å². The van der Waals surface area contributed by atoms with Crippen LogP contribution >= 0.6 is 0 Å². The maximum absolute atomic E-state index is 12.5. The smallest absolute Gasteiger partial charge is 0.315 e. The normalized spacial score (nSPS) is 40.5. The van der Waals surface area contributed by atoms with Crippen LogP contribution in [0.25, 0.3) is 0 Å². The second-order valence-electron chi connectivity index (χ2n) is 8.51. The van der Waals surface area contributed by atoms with Crippen LogP contribution < -0.4 is 10.6 Å². The molecule has 136 valence electrons. The Morgan fingerprint density at radius 1 is 1.12 bits per heavy atom. The second kappa shape index (κ2) is 6.49. The average molecular weight is 335 g/mol. The Bertz CT molecular complexity index is 465. The molecular weight excluding hydrogens is 302 g/mol. The highest BCUT2D eigenvalue weighted by atomic mass is 16.5. The largest absolute Gasteiger partial charge is 0.378 e. The zero-order valence-corrected chi connectivity index (χ0v) is 15.2. The summed E-state index contributed by atoms with van der Waals surface area (Å²) in [5.74, 6) is 0. The van der Waals surface area contributed by atoms with Gasteiger partial charge in [0.25, 0.3) is 0 Å². The lowest BCUT2D eigenvalue weighted by atomic mass is 9.51. The molecule has 0 aromatic heterocycles. The summed E-state index contributed by atoms with van der Waals surface area (Å²) >= 11 is 0. The van der Waals surface area contributed by atoms with Gasteiger partial charge in [-0.2, -0.15) is 0 Å². The molecule has 0 aromatic rings. The first-order valence-electron chi connectivity index (χ1n) is 10.0. The minimum Gasteiger partial charge on any atom is -0.378 e. The summed E-state index contributed by atoms with van der Waals surface area (Å²) in [6.07, 6.45) is 11.2. The zero-order valence-electron chi connectivity index (χ0n) is 15.2. The fourth-order valence-electron chi connectivity index (χ4n) is 5.76. The maximum atomic E-state index is 12.5. The van der Waals surface area contributed by atoms with E-state index < -0.39 is 0 Å². The number of urea groups is 1. The van der Waals surface area contributed by atoms with Gasteiger partial charge in [-0.15, -0.1) is 0 Å². The molecule has 4 unspecified atom stereocenters. The summed E-state index contributed by atoms with van der Waals surface area (Å²) in [6, 6.07) is 2.03. The summed E-state index contributed by atoms with van der Waals surface area (Å²) in [7, 11) is 2.26. The first kappa shape index (κ1) is 16.6. The standard InChI is InChI=1S/C19H33N3O2/c1-3-24-17-12-16(19(17)8-5-9-19)21-18(23)20-13-10-14-6-4-7-15(11-13)22(14)2/h13-17H,3-12H2,1-2H3,(H2,20,21,23). The van der Waals surface area contributed by atoms with E-state index in [-0.39, 0.29) is 11.4 Å². The molecule has 0 radical (unpaired) electrons. The van der Waals surface area contributed by atoms with Gasteiger partial charge in [0.05, 0.1) is 6.10 Å². The molecule has 2 amide bonds. The Labute approximate surface area is 145 Å². The summed E-state index contributed by atoms with van der Waals surface area (Å²) in [6.45, 7) is 2.85. The number of hydrogen-bond acceptors (Lipinski definition) is 3. The van der Waals surface area contributed by atoms with E-state index in [2.05, 4.69) is 29.5 Å². The molecule has 5 nitrogen and oxygen atoms in total. The van der Waals surface area contributed by atoms with Gasteiger partial charge < -0.3 is 20.3 Å². The molecule has 2 saturated carbocycles. The average Bonchev–Trinajstić information content (AvgIpc) is 2.45. The van der Waals surface area contributed by atoms with Gasteiger partial charge in [-0.3, -0.25) is 0 Å².